The Hall–Kier alpha value is -1.91. The maximum absolute atomic E-state index is 2.59. The van der Waals surface area contributed by atoms with Gasteiger partial charge in [0.15, 0.2) is 0 Å². The van der Waals surface area contributed by atoms with Crippen LogP contribution in [-0.4, -0.2) is 12.3 Å². The zero-order chi connectivity index (χ0) is 15.8. The van der Waals surface area contributed by atoms with Crippen LogP contribution in [0.3, 0.4) is 0 Å². The molecule has 0 N–H and O–H groups in total. The molecule has 3 aromatic rings. The predicted octanol–water partition coefficient (Wildman–Crippen LogP) is 4.31. The van der Waals surface area contributed by atoms with Gasteiger partial charge in [-0.15, -0.1) is 0 Å². The Bertz CT molecular complexity index is 690. The van der Waals surface area contributed by atoms with Gasteiger partial charge >= 0.3 is 139 Å². The third kappa shape index (κ3) is 2.02. The fraction of sp³-hybridized carbons (Fsp3) is 0.182. The Morgan fingerprint density at radius 1 is 0.565 bits per heavy atom. The van der Waals surface area contributed by atoms with Gasteiger partial charge in [0.2, 0.25) is 0 Å². The Labute approximate surface area is 139 Å². The zero-order valence-corrected chi connectivity index (χ0v) is 14.5. The van der Waals surface area contributed by atoms with Crippen LogP contribution in [0.15, 0.2) is 91.0 Å². The molecule has 0 atom stereocenters. The third-order valence-electron chi connectivity index (χ3n) is 5.72. The number of rotatable bonds is 4. The Morgan fingerprint density at radius 3 is 1.13 bits per heavy atom. The molecule has 0 heterocycles. The van der Waals surface area contributed by atoms with E-state index < -0.39 is 6.60 Å². The molecular weight excluding hydrogens is 295 g/mol. The average Bonchev–Trinajstić information content (AvgIpc) is 3.49. The number of hydrogen-bond acceptors (Lipinski definition) is 0. The van der Waals surface area contributed by atoms with Crippen molar-refractivity contribution in [2.45, 2.75) is 18.5 Å². The molecule has 0 aromatic heterocycles. The summed E-state index contributed by atoms with van der Waals surface area (Å²) in [5.41, 5.74) is 0.771. The molecule has 116 valence electrons. The number of benzene rings is 3. The molecule has 3 aromatic carbocycles. The molecule has 1 heteroatoms. The molecule has 0 amide bonds. The molecule has 1 aliphatic carbocycles. The van der Waals surface area contributed by atoms with Crippen molar-refractivity contribution in [1.82, 2.24) is 0 Å². The topological polar surface area (TPSA) is 0 Å². The van der Waals surface area contributed by atoms with Crippen LogP contribution in [0.1, 0.15) is 12.8 Å². The summed E-state index contributed by atoms with van der Waals surface area (Å²) in [6.45, 7) is 0.188. The van der Waals surface area contributed by atoms with E-state index in [1.165, 1.54) is 28.8 Å². The van der Waals surface area contributed by atoms with Crippen molar-refractivity contribution < 1.29 is 0 Å². The van der Waals surface area contributed by atoms with Crippen LogP contribution in [0, 0.1) is 0 Å². The Kier molecular flexibility index (Phi) is 3.39. The van der Waals surface area contributed by atoms with Crippen LogP contribution in [0.5, 0.6) is 0 Å². The quantitative estimate of drug-likeness (QED) is 0.629. The van der Waals surface area contributed by atoms with Crippen LogP contribution >= 0.6 is 6.60 Å². The molecule has 0 aliphatic heterocycles. The molecule has 0 unspecified atom stereocenters. The second-order valence-corrected chi connectivity index (χ2v) is 12.5. The SMILES string of the molecule is CP(c1ccccc1)(c1ccccc1)(c1ccccc1)C1CC1. The van der Waals surface area contributed by atoms with Crippen molar-refractivity contribution in [3.05, 3.63) is 91.0 Å². The first-order valence-corrected chi connectivity index (χ1v) is 11.2. The number of hydrogen-bond donors (Lipinski definition) is 0. The van der Waals surface area contributed by atoms with Gasteiger partial charge in [-0.05, 0) is 0 Å². The molecule has 23 heavy (non-hydrogen) atoms. The first-order valence-electron chi connectivity index (χ1n) is 8.42. The summed E-state index contributed by atoms with van der Waals surface area (Å²) in [6.07, 6.45) is 2.68. The van der Waals surface area contributed by atoms with E-state index in [1.54, 1.807) is 0 Å². The molecule has 0 radical (unpaired) electrons. The van der Waals surface area contributed by atoms with Gasteiger partial charge in [0.1, 0.15) is 0 Å². The van der Waals surface area contributed by atoms with Gasteiger partial charge in [-0.25, -0.2) is 0 Å². The van der Waals surface area contributed by atoms with Crippen LogP contribution in [-0.2, 0) is 0 Å². The average molecular weight is 318 g/mol. The summed E-state index contributed by atoms with van der Waals surface area (Å²) >= 11 is 0. The maximum atomic E-state index is 2.59. The Balaban J connectivity index is 2.12. The minimum absolute atomic E-state index is 0.771. The molecule has 1 fully saturated rings. The van der Waals surface area contributed by atoms with Gasteiger partial charge < -0.3 is 0 Å². The molecule has 0 nitrogen and oxygen atoms in total. The molecule has 0 saturated heterocycles. The fourth-order valence-corrected chi connectivity index (χ4v) is 10.7. The van der Waals surface area contributed by atoms with Gasteiger partial charge in [0.05, 0.1) is 0 Å². The molecule has 0 bridgehead atoms. The van der Waals surface area contributed by atoms with E-state index in [2.05, 4.69) is 97.7 Å². The van der Waals surface area contributed by atoms with E-state index in [-0.39, 0.29) is 0 Å². The van der Waals surface area contributed by atoms with Crippen molar-refractivity contribution in [3.8, 4) is 0 Å². The summed E-state index contributed by atoms with van der Waals surface area (Å²) in [6, 6.07) is 33.8. The third-order valence-corrected chi connectivity index (χ3v) is 13.0. The van der Waals surface area contributed by atoms with Gasteiger partial charge in [-0.1, -0.05) is 0 Å². The second-order valence-electron chi connectivity index (χ2n) is 6.89. The Morgan fingerprint density at radius 2 is 0.870 bits per heavy atom. The van der Waals surface area contributed by atoms with Gasteiger partial charge in [-0.2, -0.15) is 0 Å². The summed E-state index contributed by atoms with van der Waals surface area (Å²) in [7, 11) is 0. The minimum atomic E-state index is -2.40. The van der Waals surface area contributed by atoms with Crippen LogP contribution in [0.2, 0.25) is 0 Å². The van der Waals surface area contributed by atoms with Crippen molar-refractivity contribution >= 4 is 22.5 Å². The van der Waals surface area contributed by atoms with E-state index >= 15 is 0 Å². The molecular formula is C22H23P. The van der Waals surface area contributed by atoms with Crippen LogP contribution < -0.4 is 15.9 Å². The van der Waals surface area contributed by atoms with Gasteiger partial charge in [-0.3, -0.25) is 0 Å². The van der Waals surface area contributed by atoms with Crippen LogP contribution in [0.25, 0.3) is 0 Å². The van der Waals surface area contributed by atoms with E-state index in [0.29, 0.717) is 0 Å². The zero-order valence-electron chi connectivity index (χ0n) is 13.6. The monoisotopic (exact) mass is 318 g/mol. The van der Waals surface area contributed by atoms with Crippen molar-refractivity contribution in [2.24, 2.45) is 0 Å². The summed E-state index contributed by atoms with van der Waals surface area (Å²) in [5.74, 6) is 0. The van der Waals surface area contributed by atoms with E-state index in [9.17, 15) is 0 Å². The van der Waals surface area contributed by atoms with Crippen molar-refractivity contribution in [2.75, 3.05) is 6.66 Å². The summed E-state index contributed by atoms with van der Waals surface area (Å²) < 4.78 is 0. The van der Waals surface area contributed by atoms with E-state index in [1.807, 2.05) is 0 Å². The molecule has 0 spiro atoms. The first kappa shape index (κ1) is 14.7. The van der Waals surface area contributed by atoms with E-state index in [4.69, 9.17) is 0 Å². The summed E-state index contributed by atoms with van der Waals surface area (Å²) in [5, 5.41) is 4.58. The normalized spacial score (nSPS) is 16.5. The second kappa shape index (κ2) is 5.32. The molecule has 1 aliphatic rings. The van der Waals surface area contributed by atoms with Crippen molar-refractivity contribution in [1.29, 1.82) is 0 Å². The molecule has 4 rings (SSSR count). The van der Waals surface area contributed by atoms with Crippen LogP contribution in [0.4, 0.5) is 0 Å². The fourth-order valence-electron chi connectivity index (χ4n) is 4.24. The first-order chi connectivity index (χ1) is 11.2. The summed E-state index contributed by atoms with van der Waals surface area (Å²) in [4.78, 5) is 0. The predicted molar refractivity (Wildman–Crippen MR) is 104 cm³/mol. The van der Waals surface area contributed by atoms with Gasteiger partial charge in [0, 0.05) is 0 Å². The standard InChI is InChI=1S/C22H23P/c1-23(22-17-18-22,19-11-5-2-6-12-19,20-13-7-3-8-14-20)21-15-9-4-10-16-21/h2-16,22H,17-18H2,1H3. The molecule has 1 saturated carbocycles. The van der Waals surface area contributed by atoms with E-state index in [0.717, 1.165) is 5.66 Å². The van der Waals surface area contributed by atoms with Gasteiger partial charge in [0.25, 0.3) is 0 Å². The van der Waals surface area contributed by atoms with Crippen molar-refractivity contribution in [3.63, 3.8) is 0 Å².